The van der Waals surface area contributed by atoms with Gasteiger partial charge in [0, 0.05) is 12.6 Å². The molecule has 0 bridgehead atoms. The van der Waals surface area contributed by atoms with Gasteiger partial charge in [-0.3, -0.25) is 0 Å². The molecule has 7 rings (SSSR count). The number of aliphatic hydroxyl groups excluding tert-OH is 1. The fourth-order valence-corrected chi connectivity index (χ4v) is 7.70. The molecule has 0 fully saturated rings. The van der Waals surface area contributed by atoms with E-state index in [0.29, 0.717) is 23.6 Å². The Balaban J connectivity index is 1.36. The van der Waals surface area contributed by atoms with Crippen LogP contribution in [0.1, 0.15) is 48.9 Å². The summed E-state index contributed by atoms with van der Waals surface area (Å²) in [5, 5.41) is 27.5. The van der Waals surface area contributed by atoms with E-state index < -0.39 is 17.2 Å². The number of aromatic nitrogens is 4. The van der Waals surface area contributed by atoms with Gasteiger partial charge in [0.2, 0.25) is 0 Å². The van der Waals surface area contributed by atoms with Gasteiger partial charge in [0.15, 0.2) is 5.82 Å². The number of hydrogen-bond donors (Lipinski definition) is 2. The highest BCUT2D eigenvalue weighted by Crippen LogP contribution is 2.44. The molecule has 0 spiro atoms. The molecule has 1 unspecified atom stereocenters. The smallest absolute Gasteiger partial charge is 0.356 e. The quantitative estimate of drug-likeness (QED) is 0.104. The molecule has 0 radical (unpaired) electrons. The predicted molar refractivity (Wildman–Crippen MR) is 202 cm³/mol. The van der Waals surface area contributed by atoms with Crippen molar-refractivity contribution in [1.29, 1.82) is 0 Å². The van der Waals surface area contributed by atoms with E-state index in [0.717, 1.165) is 45.4 Å². The number of esters is 1. The molecule has 52 heavy (non-hydrogen) atoms. The highest BCUT2D eigenvalue weighted by atomic mass is 16.5. The van der Waals surface area contributed by atoms with Crippen LogP contribution in [0.3, 0.4) is 0 Å². The number of hydrogen-bond acceptors (Lipinski definition) is 8. The van der Waals surface area contributed by atoms with E-state index in [1.165, 1.54) is 0 Å². The lowest BCUT2D eigenvalue weighted by Crippen LogP contribution is -2.49. The molecule has 1 aliphatic rings. The van der Waals surface area contributed by atoms with E-state index in [2.05, 4.69) is 90.3 Å². The van der Waals surface area contributed by atoms with Crippen LogP contribution < -0.4 is 5.32 Å². The van der Waals surface area contributed by atoms with Crippen LogP contribution in [0.5, 0.6) is 0 Å². The summed E-state index contributed by atoms with van der Waals surface area (Å²) in [7, 11) is 1.87. The third kappa shape index (κ3) is 5.73. The number of nitrogens with one attached hydrogen (secondary N) is 1. The zero-order valence-corrected chi connectivity index (χ0v) is 29.6. The number of likely N-dealkylation sites (N-methyl/N-ethyl adjacent to an activating group) is 1. The van der Waals surface area contributed by atoms with E-state index in [1.54, 1.807) is 6.92 Å². The molecule has 9 nitrogen and oxygen atoms in total. The molecular formula is C43H42N6O3. The number of rotatable bonds is 12. The number of carbonyl (C=O) groups excluding carboxylic acids is 1. The van der Waals surface area contributed by atoms with Crippen LogP contribution >= 0.6 is 0 Å². The molecule has 1 atom stereocenters. The maximum Gasteiger partial charge on any atom is 0.356 e. The summed E-state index contributed by atoms with van der Waals surface area (Å²) in [6.07, 6.45) is 1.53. The minimum Gasteiger partial charge on any atom is -0.461 e. The largest absolute Gasteiger partial charge is 0.461 e. The zero-order chi connectivity index (χ0) is 36.1. The van der Waals surface area contributed by atoms with Crippen LogP contribution in [-0.2, 0) is 20.7 Å². The summed E-state index contributed by atoms with van der Waals surface area (Å²) < 4.78 is 7.32. The first-order chi connectivity index (χ1) is 25.5. The zero-order valence-electron chi connectivity index (χ0n) is 29.6. The van der Waals surface area contributed by atoms with Gasteiger partial charge in [0.25, 0.3) is 0 Å². The molecule has 0 amide bonds. The lowest BCUT2D eigenvalue weighted by atomic mass is 9.77. The molecule has 1 aliphatic heterocycles. The molecule has 2 N–H and O–H groups in total. The molecule has 0 aliphatic carbocycles. The van der Waals surface area contributed by atoms with Crippen LogP contribution in [0.15, 0.2) is 151 Å². The molecule has 0 saturated carbocycles. The van der Waals surface area contributed by atoms with Crippen LogP contribution in [0.2, 0.25) is 0 Å². The van der Waals surface area contributed by atoms with Crippen molar-refractivity contribution in [3.63, 3.8) is 0 Å². The first-order valence-corrected chi connectivity index (χ1v) is 17.7. The second kappa shape index (κ2) is 14.7. The first-order valence-electron chi connectivity index (χ1n) is 17.7. The molecule has 0 saturated heterocycles. The van der Waals surface area contributed by atoms with Crippen molar-refractivity contribution in [2.45, 2.75) is 37.9 Å². The Morgan fingerprint density at radius 2 is 1.31 bits per heavy atom. The van der Waals surface area contributed by atoms with E-state index in [-0.39, 0.29) is 13.2 Å². The molecule has 1 aromatic heterocycles. The van der Waals surface area contributed by atoms with Crippen molar-refractivity contribution < 1.29 is 14.6 Å². The third-order valence-corrected chi connectivity index (χ3v) is 9.99. The minimum absolute atomic E-state index is 0.246. The summed E-state index contributed by atoms with van der Waals surface area (Å²) in [5.74, 6) is 0.159. The van der Waals surface area contributed by atoms with Gasteiger partial charge < -0.3 is 20.1 Å². The normalized spacial score (nSPS) is 15.8. The van der Waals surface area contributed by atoms with Gasteiger partial charge >= 0.3 is 5.97 Å². The third-order valence-electron chi connectivity index (χ3n) is 9.99. The van der Waals surface area contributed by atoms with Gasteiger partial charge in [0.05, 0.1) is 18.9 Å². The standard InChI is InChI=1S/C43H42N6O3/c1-4-29-42(44-38(30-50)39(48(42)3)41(51)52-5-2)32-27-25-31(26-28-32)36-23-15-16-24-37(36)40-45-46-47-49(40)43(33-17-9-6-10-18-33,34-19-11-7-12-20-34)35-21-13-8-14-22-35/h6-28,44,50H,4-5,29-30H2,1-3H3. The average Bonchev–Trinajstić information content (AvgIpc) is 3.80. The number of benzene rings is 5. The molecular weight excluding hydrogens is 649 g/mol. The van der Waals surface area contributed by atoms with Crippen molar-refractivity contribution in [3.8, 4) is 22.5 Å². The lowest BCUT2D eigenvalue weighted by molar-refractivity contribution is -0.140. The average molecular weight is 691 g/mol. The van der Waals surface area contributed by atoms with E-state index in [9.17, 15) is 9.90 Å². The number of carbonyl (C=O) groups is 1. The van der Waals surface area contributed by atoms with Crippen molar-refractivity contribution in [1.82, 2.24) is 30.4 Å². The van der Waals surface area contributed by atoms with Crippen molar-refractivity contribution >= 4 is 5.97 Å². The van der Waals surface area contributed by atoms with Gasteiger partial charge in [-0.05, 0) is 57.2 Å². The highest BCUT2D eigenvalue weighted by Gasteiger charge is 2.46. The van der Waals surface area contributed by atoms with Gasteiger partial charge in [-0.1, -0.05) is 153 Å². The second-order valence-electron chi connectivity index (χ2n) is 12.8. The van der Waals surface area contributed by atoms with Gasteiger partial charge in [0.1, 0.15) is 16.9 Å². The Morgan fingerprint density at radius 1 is 0.769 bits per heavy atom. The Morgan fingerprint density at radius 3 is 1.83 bits per heavy atom. The molecule has 2 heterocycles. The molecule has 262 valence electrons. The summed E-state index contributed by atoms with van der Waals surface area (Å²) in [6.45, 7) is 3.82. The van der Waals surface area contributed by atoms with Crippen LogP contribution in [0.4, 0.5) is 0 Å². The Hall–Kier alpha value is -6.06. The summed E-state index contributed by atoms with van der Waals surface area (Å²) >= 11 is 0. The summed E-state index contributed by atoms with van der Waals surface area (Å²) in [4.78, 5) is 14.9. The predicted octanol–water partition coefficient (Wildman–Crippen LogP) is 7.10. The lowest BCUT2D eigenvalue weighted by Gasteiger charge is -2.39. The fourth-order valence-electron chi connectivity index (χ4n) is 7.70. The number of aliphatic hydroxyl groups is 1. The molecule has 5 aromatic carbocycles. The maximum atomic E-state index is 13.0. The Bertz CT molecular complexity index is 2070. The van der Waals surface area contributed by atoms with E-state index in [4.69, 9.17) is 15.0 Å². The molecule has 9 heteroatoms. The molecule has 6 aromatic rings. The second-order valence-corrected chi connectivity index (χ2v) is 12.8. The number of ether oxygens (including phenoxy) is 1. The van der Waals surface area contributed by atoms with Crippen molar-refractivity contribution in [3.05, 3.63) is 173 Å². The van der Waals surface area contributed by atoms with Crippen LogP contribution in [0.25, 0.3) is 22.5 Å². The topological polar surface area (TPSA) is 105 Å². The van der Waals surface area contributed by atoms with Gasteiger partial charge in [-0.2, -0.15) is 0 Å². The van der Waals surface area contributed by atoms with Crippen LogP contribution in [0, 0.1) is 0 Å². The van der Waals surface area contributed by atoms with E-state index >= 15 is 0 Å². The maximum absolute atomic E-state index is 13.0. The summed E-state index contributed by atoms with van der Waals surface area (Å²) in [5.41, 5.74) is 6.02. The first kappa shape index (κ1) is 34.4. The highest BCUT2D eigenvalue weighted by molar-refractivity contribution is 5.89. The number of tetrazole rings is 1. The SMILES string of the molecule is CCCC1(c2ccc(-c3ccccc3-c3nnnn3C(c3ccccc3)(c3ccccc3)c3ccccc3)cc2)NC(CO)=C(C(=O)OCC)N1C. The number of nitrogens with zero attached hydrogens (tertiary/aromatic N) is 5. The van der Waals surface area contributed by atoms with Gasteiger partial charge in [-0.15, -0.1) is 5.10 Å². The van der Waals surface area contributed by atoms with Crippen LogP contribution in [-0.4, -0.2) is 56.4 Å². The van der Waals surface area contributed by atoms with Crippen molar-refractivity contribution in [2.75, 3.05) is 20.3 Å². The van der Waals surface area contributed by atoms with E-state index in [1.807, 2.05) is 83.4 Å². The van der Waals surface area contributed by atoms with Crippen molar-refractivity contribution in [2.24, 2.45) is 0 Å². The summed E-state index contributed by atoms with van der Waals surface area (Å²) in [6, 6.07) is 47.6. The minimum atomic E-state index is -0.890. The Kier molecular flexibility index (Phi) is 9.69. The fraction of sp³-hybridized carbons (Fsp3) is 0.209. The Labute approximate surface area is 304 Å². The van der Waals surface area contributed by atoms with Gasteiger partial charge in [-0.25, -0.2) is 9.48 Å². The monoisotopic (exact) mass is 690 g/mol.